The van der Waals surface area contributed by atoms with Gasteiger partial charge in [0.25, 0.3) is 0 Å². The summed E-state index contributed by atoms with van der Waals surface area (Å²) in [5.74, 6) is 0. The monoisotopic (exact) mass is 411 g/mol. The van der Waals surface area contributed by atoms with Crippen LogP contribution in [0.1, 0.15) is 24.2 Å². The van der Waals surface area contributed by atoms with Crippen LogP contribution in [0.15, 0.2) is 18.3 Å². The van der Waals surface area contributed by atoms with Crippen molar-refractivity contribution in [3.63, 3.8) is 0 Å². The van der Waals surface area contributed by atoms with Crippen molar-refractivity contribution >= 4 is 22.9 Å². The van der Waals surface area contributed by atoms with Crippen LogP contribution in [-0.2, 0) is 4.74 Å². The van der Waals surface area contributed by atoms with E-state index in [0.717, 1.165) is 63.3 Å². The molecule has 2 unspecified atom stereocenters. The molecule has 2 atom stereocenters. The van der Waals surface area contributed by atoms with Gasteiger partial charge in [-0.25, -0.2) is 4.98 Å². The van der Waals surface area contributed by atoms with Gasteiger partial charge in [-0.15, -0.1) is 0 Å². The lowest BCUT2D eigenvalue weighted by atomic mass is 9.78. The molecule has 3 aliphatic rings. The summed E-state index contributed by atoms with van der Waals surface area (Å²) >= 11 is 0. The highest BCUT2D eigenvalue weighted by molar-refractivity contribution is 6.01. The van der Waals surface area contributed by atoms with E-state index in [0.29, 0.717) is 41.2 Å². The Morgan fingerprint density at radius 1 is 1.27 bits per heavy atom. The lowest BCUT2D eigenvalue weighted by Gasteiger charge is -2.55. The van der Waals surface area contributed by atoms with E-state index in [4.69, 9.17) is 9.47 Å². The number of hydrogen-bond acceptors (Lipinski definition) is 8. The fourth-order valence-electron chi connectivity index (χ4n) is 4.97. The zero-order valence-electron chi connectivity index (χ0n) is 17.6. The van der Waals surface area contributed by atoms with E-state index in [9.17, 15) is 4.79 Å². The Balaban J connectivity index is 1.31. The van der Waals surface area contributed by atoms with Gasteiger partial charge in [-0.05, 0) is 26.0 Å². The summed E-state index contributed by atoms with van der Waals surface area (Å²) in [6.07, 6.45) is 2.65. The molecular formula is C22H29N5O3. The third-order valence-electron chi connectivity index (χ3n) is 6.34. The molecule has 3 fully saturated rings. The first kappa shape index (κ1) is 19.7. The minimum absolute atomic E-state index is 0.326. The van der Waals surface area contributed by atoms with Crippen LogP contribution in [-0.4, -0.2) is 85.8 Å². The first-order valence-electron chi connectivity index (χ1n) is 10.7. The highest BCUT2D eigenvalue weighted by Gasteiger charge is 2.48. The molecule has 3 aliphatic heterocycles. The average molecular weight is 412 g/mol. The zero-order valence-corrected chi connectivity index (χ0v) is 17.6. The van der Waals surface area contributed by atoms with Crippen molar-refractivity contribution < 1.29 is 14.3 Å². The van der Waals surface area contributed by atoms with E-state index in [2.05, 4.69) is 38.9 Å². The van der Waals surface area contributed by atoms with Gasteiger partial charge in [-0.1, -0.05) is 0 Å². The number of carbonyl (C=O) groups is 1. The number of anilines is 1. The number of hydrogen-bond donors (Lipinski definition) is 1. The van der Waals surface area contributed by atoms with E-state index in [-0.39, 0.29) is 0 Å². The maximum absolute atomic E-state index is 11.6. The molecule has 160 valence electrons. The molecule has 1 aromatic carbocycles. The predicted octanol–water partition coefficient (Wildman–Crippen LogP) is 1.34. The van der Waals surface area contributed by atoms with Crippen LogP contribution < -0.4 is 15.0 Å². The van der Waals surface area contributed by atoms with Crippen LogP contribution in [0.4, 0.5) is 5.69 Å². The van der Waals surface area contributed by atoms with Crippen molar-refractivity contribution in [1.82, 2.24) is 20.2 Å². The van der Waals surface area contributed by atoms with Crippen LogP contribution in [0, 0.1) is 5.41 Å². The first-order chi connectivity index (χ1) is 14.5. The Hall–Kier alpha value is -2.29. The van der Waals surface area contributed by atoms with E-state index in [1.54, 1.807) is 6.20 Å². The normalized spacial score (nSPS) is 25.7. The number of nitrogens with one attached hydrogen (secondary N) is 1. The SMILES string of the molecule is CC1CN(c2ccc(C=O)c3nc(OCCN4CC5(COC5)C4)ncc23)CC(C)N1. The third kappa shape index (κ3) is 3.64. The summed E-state index contributed by atoms with van der Waals surface area (Å²) in [6, 6.07) is 4.96. The van der Waals surface area contributed by atoms with Gasteiger partial charge in [0.15, 0.2) is 6.29 Å². The van der Waals surface area contributed by atoms with E-state index in [1.165, 1.54) is 0 Å². The van der Waals surface area contributed by atoms with Crippen LogP contribution in [0.3, 0.4) is 0 Å². The number of likely N-dealkylation sites (tertiary alicyclic amines) is 1. The van der Waals surface area contributed by atoms with Crippen molar-refractivity contribution in [2.75, 3.05) is 57.4 Å². The summed E-state index contributed by atoms with van der Waals surface area (Å²) < 4.78 is 11.1. The molecule has 3 saturated heterocycles. The molecule has 0 amide bonds. The molecule has 5 rings (SSSR count). The fourth-order valence-corrected chi connectivity index (χ4v) is 4.97. The largest absolute Gasteiger partial charge is 0.462 e. The van der Waals surface area contributed by atoms with Gasteiger partial charge >= 0.3 is 6.01 Å². The molecule has 1 spiro atoms. The number of rotatable bonds is 6. The number of fused-ring (bicyclic) bond motifs is 1. The summed E-state index contributed by atoms with van der Waals surface area (Å²) in [7, 11) is 0. The van der Waals surface area contributed by atoms with Gasteiger partial charge in [0.1, 0.15) is 6.61 Å². The van der Waals surface area contributed by atoms with Gasteiger partial charge in [0, 0.05) is 73.1 Å². The summed E-state index contributed by atoms with van der Waals surface area (Å²) in [6.45, 7) is 11.5. The Kier molecular flexibility index (Phi) is 5.08. The highest BCUT2D eigenvalue weighted by atomic mass is 16.5. The Morgan fingerprint density at radius 2 is 2.03 bits per heavy atom. The zero-order chi connectivity index (χ0) is 20.7. The minimum atomic E-state index is 0.326. The number of aldehydes is 1. The van der Waals surface area contributed by atoms with Crippen molar-refractivity contribution in [3.05, 3.63) is 23.9 Å². The molecule has 4 heterocycles. The number of ether oxygens (including phenoxy) is 2. The Morgan fingerprint density at radius 3 is 2.70 bits per heavy atom. The molecular weight excluding hydrogens is 382 g/mol. The lowest BCUT2D eigenvalue weighted by molar-refractivity contribution is -0.189. The second-order valence-corrected chi connectivity index (χ2v) is 9.13. The summed E-state index contributed by atoms with van der Waals surface area (Å²) in [4.78, 5) is 25.4. The second-order valence-electron chi connectivity index (χ2n) is 9.13. The molecule has 30 heavy (non-hydrogen) atoms. The van der Waals surface area contributed by atoms with E-state index >= 15 is 0 Å². The van der Waals surface area contributed by atoms with Crippen LogP contribution in [0.5, 0.6) is 6.01 Å². The molecule has 0 aliphatic carbocycles. The number of benzene rings is 1. The maximum Gasteiger partial charge on any atom is 0.316 e. The van der Waals surface area contributed by atoms with Crippen LogP contribution >= 0.6 is 0 Å². The molecule has 8 nitrogen and oxygen atoms in total. The third-order valence-corrected chi connectivity index (χ3v) is 6.34. The van der Waals surface area contributed by atoms with Gasteiger partial charge in [-0.2, -0.15) is 4.98 Å². The van der Waals surface area contributed by atoms with Crippen LogP contribution in [0.25, 0.3) is 10.9 Å². The topological polar surface area (TPSA) is 79.8 Å². The average Bonchev–Trinajstić information content (AvgIpc) is 2.66. The number of aromatic nitrogens is 2. The van der Waals surface area contributed by atoms with Crippen LogP contribution in [0.2, 0.25) is 0 Å². The van der Waals surface area contributed by atoms with Crippen molar-refractivity contribution in [3.8, 4) is 6.01 Å². The fraction of sp³-hybridized carbons (Fsp3) is 0.591. The molecule has 8 heteroatoms. The Labute approximate surface area is 176 Å². The maximum atomic E-state index is 11.6. The first-order valence-corrected chi connectivity index (χ1v) is 10.7. The Bertz CT molecular complexity index is 930. The summed E-state index contributed by atoms with van der Waals surface area (Å²) in [5.41, 5.74) is 2.69. The number of piperazine rings is 1. The standard InChI is InChI=1S/C22H29N5O3/c1-15-8-27(9-16(2)24-15)19-4-3-17(10-28)20-18(19)7-23-21(25-20)30-6-5-26-11-22(12-26)13-29-14-22/h3-4,7,10,15-16,24H,5-6,8-9,11-14H2,1-2H3. The quantitative estimate of drug-likeness (QED) is 0.714. The molecule has 0 radical (unpaired) electrons. The minimum Gasteiger partial charge on any atom is -0.462 e. The van der Waals surface area contributed by atoms with E-state index in [1.807, 2.05) is 12.1 Å². The van der Waals surface area contributed by atoms with Gasteiger partial charge in [0.05, 0.1) is 18.7 Å². The molecule has 0 saturated carbocycles. The summed E-state index contributed by atoms with van der Waals surface area (Å²) in [5, 5.41) is 4.44. The second kappa shape index (κ2) is 7.76. The molecule has 1 aromatic heterocycles. The van der Waals surface area contributed by atoms with E-state index < -0.39 is 0 Å². The smallest absolute Gasteiger partial charge is 0.316 e. The number of nitrogens with zero attached hydrogens (tertiary/aromatic N) is 4. The predicted molar refractivity (Wildman–Crippen MR) is 114 cm³/mol. The number of carbonyl (C=O) groups excluding carboxylic acids is 1. The van der Waals surface area contributed by atoms with Gasteiger partial charge in [0.2, 0.25) is 0 Å². The lowest BCUT2D eigenvalue weighted by Crippen LogP contribution is -2.66. The molecule has 1 N–H and O–H groups in total. The highest BCUT2D eigenvalue weighted by Crippen LogP contribution is 2.37. The van der Waals surface area contributed by atoms with Crippen molar-refractivity contribution in [1.29, 1.82) is 0 Å². The van der Waals surface area contributed by atoms with Gasteiger partial charge < -0.3 is 19.7 Å². The van der Waals surface area contributed by atoms with Gasteiger partial charge in [-0.3, -0.25) is 9.69 Å². The van der Waals surface area contributed by atoms with Crippen molar-refractivity contribution in [2.45, 2.75) is 25.9 Å². The van der Waals surface area contributed by atoms with Crippen molar-refractivity contribution in [2.24, 2.45) is 5.41 Å². The molecule has 0 bridgehead atoms. The molecule has 2 aromatic rings.